The van der Waals surface area contributed by atoms with Crippen molar-refractivity contribution in [2.45, 2.75) is 18.9 Å². The second kappa shape index (κ2) is 6.74. The molecule has 0 saturated carbocycles. The molecule has 1 atom stereocenters. The van der Waals surface area contributed by atoms with E-state index in [0.29, 0.717) is 11.6 Å². The molecule has 3 N–H and O–H groups in total. The van der Waals surface area contributed by atoms with Crippen molar-refractivity contribution in [2.75, 3.05) is 25.0 Å². The number of nitrogens with two attached hydrogens (primary N) is 1. The van der Waals surface area contributed by atoms with Crippen LogP contribution in [-0.2, 0) is 0 Å². The molecule has 0 aliphatic carbocycles. The molecule has 0 spiro atoms. The Labute approximate surface area is 154 Å². The van der Waals surface area contributed by atoms with Crippen LogP contribution in [0.2, 0.25) is 0 Å². The van der Waals surface area contributed by atoms with E-state index < -0.39 is 5.91 Å². The highest BCUT2D eigenvalue weighted by Gasteiger charge is 2.23. The number of hydrogen-bond donors (Lipinski definition) is 2. The molecule has 4 rings (SSSR count). The van der Waals surface area contributed by atoms with Gasteiger partial charge in [0.25, 0.3) is 5.91 Å². The van der Waals surface area contributed by atoms with Crippen molar-refractivity contribution in [3.8, 4) is 10.4 Å². The Morgan fingerprint density at radius 2 is 2.36 bits per heavy atom. The Hall–Kier alpha value is -1.96. The van der Waals surface area contributed by atoms with Crippen molar-refractivity contribution in [3.63, 3.8) is 0 Å². The molecule has 5 nitrogen and oxygen atoms in total. The third-order valence-corrected chi connectivity index (χ3v) is 6.66. The van der Waals surface area contributed by atoms with E-state index >= 15 is 0 Å². The van der Waals surface area contributed by atoms with E-state index in [-0.39, 0.29) is 0 Å². The Morgan fingerprint density at radius 3 is 3.04 bits per heavy atom. The molecule has 1 fully saturated rings. The molecular formula is C18H20N4OS2. The van der Waals surface area contributed by atoms with Crippen LogP contribution in [-0.4, -0.2) is 37.1 Å². The highest BCUT2D eigenvalue weighted by molar-refractivity contribution is 7.23. The number of carbonyl (C=O) groups is 1. The van der Waals surface area contributed by atoms with Gasteiger partial charge in [0.1, 0.15) is 5.82 Å². The average Bonchev–Trinajstić information content (AvgIpc) is 3.30. The van der Waals surface area contributed by atoms with Gasteiger partial charge in [-0.15, -0.1) is 11.3 Å². The summed E-state index contributed by atoms with van der Waals surface area (Å²) in [6.45, 7) is 2.04. The van der Waals surface area contributed by atoms with Crippen molar-refractivity contribution < 1.29 is 4.79 Å². The standard InChI is InChI=1S/C18H20N4OS2/c1-22(12-3-2-5-20-8-12)18-13-7-15(11-4-6-24-10-11)25-16(13)14(9-21-18)17(19)23/h4,6-7,9-10,12,20H,2-3,5,8H2,1H3,(H2,19,23)/t12-/m0/s1. The molecule has 3 aromatic heterocycles. The third kappa shape index (κ3) is 3.03. The lowest BCUT2D eigenvalue weighted by Gasteiger charge is -2.33. The van der Waals surface area contributed by atoms with E-state index in [9.17, 15) is 4.79 Å². The van der Waals surface area contributed by atoms with Gasteiger partial charge in [0.2, 0.25) is 0 Å². The zero-order valence-electron chi connectivity index (χ0n) is 14.0. The molecule has 4 heterocycles. The van der Waals surface area contributed by atoms with Gasteiger partial charge in [-0.2, -0.15) is 11.3 Å². The van der Waals surface area contributed by atoms with Gasteiger partial charge in [-0.05, 0) is 42.3 Å². The summed E-state index contributed by atoms with van der Waals surface area (Å²) in [6.07, 6.45) is 3.94. The van der Waals surface area contributed by atoms with E-state index in [4.69, 9.17) is 5.73 Å². The number of thiophene rings is 2. The number of pyridine rings is 1. The molecule has 1 aliphatic rings. The largest absolute Gasteiger partial charge is 0.366 e. The summed E-state index contributed by atoms with van der Waals surface area (Å²) in [6, 6.07) is 4.65. The number of anilines is 1. The van der Waals surface area contributed by atoms with E-state index in [1.165, 1.54) is 12.0 Å². The first kappa shape index (κ1) is 16.5. The Bertz CT molecular complexity index is 897. The Morgan fingerprint density at radius 1 is 1.48 bits per heavy atom. The fourth-order valence-electron chi connectivity index (χ4n) is 3.35. The van der Waals surface area contributed by atoms with Crippen LogP contribution in [0.5, 0.6) is 0 Å². The van der Waals surface area contributed by atoms with E-state index in [0.717, 1.165) is 40.3 Å². The van der Waals surface area contributed by atoms with Crippen LogP contribution >= 0.6 is 22.7 Å². The second-order valence-corrected chi connectivity index (χ2v) is 8.17. The number of aromatic nitrogens is 1. The summed E-state index contributed by atoms with van der Waals surface area (Å²) in [5.41, 5.74) is 7.26. The predicted octanol–water partition coefficient (Wildman–Crippen LogP) is 3.31. The summed E-state index contributed by atoms with van der Waals surface area (Å²) >= 11 is 3.28. The Balaban J connectivity index is 1.84. The lowest BCUT2D eigenvalue weighted by Crippen LogP contribution is -2.44. The van der Waals surface area contributed by atoms with Crippen LogP contribution in [0.1, 0.15) is 23.2 Å². The summed E-state index contributed by atoms with van der Waals surface area (Å²) in [4.78, 5) is 19.8. The number of piperidine rings is 1. The minimum atomic E-state index is -0.426. The maximum atomic E-state index is 11.9. The third-order valence-electron chi connectivity index (χ3n) is 4.76. The lowest BCUT2D eigenvalue weighted by molar-refractivity contribution is 0.100. The maximum Gasteiger partial charge on any atom is 0.251 e. The molecule has 0 radical (unpaired) electrons. The van der Waals surface area contributed by atoms with Crippen molar-refractivity contribution in [2.24, 2.45) is 5.73 Å². The molecule has 1 saturated heterocycles. The molecule has 1 amide bonds. The number of hydrogen-bond acceptors (Lipinski definition) is 6. The molecule has 7 heteroatoms. The maximum absolute atomic E-state index is 11.9. The number of carbonyl (C=O) groups excluding carboxylic acids is 1. The van der Waals surface area contributed by atoms with Crippen molar-refractivity contribution >= 4 is 44.5 Å². The summed E-state index contributed by atoms with van der Waals surface area (Å²) < 4.78 is 0.925. The van der Waals surface area contributed by atoms with Crippen LogP contribution in [0.25, 0.3) is 20.5 Å². The monoisotopic (exact) mass is 372 g/mol. The van der Waals surface area contributed by atoms with Gasteiger partial charge < -0.3 is 16.0 Å². The van der Waals surface area contributed by atoms with Crippen LogP contribution < -0.4 is 16.0 Å². The van der Waals surface area contributed by atoms with Gasteiger partial charge in [0, 0.05) is 41.7 Å². The zero-order chi connectivity index (χ0) is 17.4. The molecule has 130 valence electrons. The second-order valence-electron chi connectivity index (χ2n) is 6.34. The summed E-state index contributed by atoms with van der Waals surface area (Å²) in [5.74, 6) is 0.496. The van der Waals surface area contributed by atoms with Gasteiger partial charge in [-0.1, -0.05) is 0 Å². The summed E-state index contributed by atoms with van der Waals surface area (Å²) in [5, 5.41) is 8.65. The first-order valence-electron chi connectivity index (χ1n) is 8.33. The van der Waals surface area contributed by atoms with Gasteiger partial charge in [0.05, 0.1) is 10.3 Å². The minimum Gasteiger partial charge on any atom is -0.366 e. The molecule has 0 aromatic carbocycles. The summed E-state index contributed by atoms with van der Waals surface area (Å²) in [7, 11) is 2.09. The Kier molecular flexibility index (Phi) is 4.45. The van der Waals surface area contributed by atoms with Crippen molar-refractivity contribution in [3.05, 3.63) is 34.7 Å². The molecule has 25 heavy (non-hydrogen) atoms. The van der Waals surface area contributed by atoms with Crippen molar-refractivity contribution in [1.29, 1.82) is 0 Å². The number of likely N-dealkylation sites (N-methyl/N-ethyl adjacent to an activating group) is 1. The van der Waals surface area contributed by atoms with E-state index in [1.54, 1.807) is 28.9 Å². The van der Waals surface area contributed by atoms with Gasteiger partial charge in [-0.25, -0.2) is 4.98 Å². The molecular weight excluding hydrogens is 352 g/mol. The van der Waals surface area contributed by atoms with Crippen LogP contribution in [0, 0.1) is 0 Å². The minimum absolute atomic E-state index is 0.411. The first-order chi connectivity index (χ1) is 12.1. The van der Waals surface area contributed by atoms with Gasteiger partial charge in [-0.3, -0.25) is 4.79 Å². The highest BCUT2D eigenvalue weighted by atomic mass is 32.1. The molecule has 0 unspecified atom stereocenters. The number of rotatable bonds is 4. The van der Waals surface area contributed by atoms with E-state index in [1.807, 2.05) is 0 Å². The number of nitrogens with one attached hydrogen (secondary N) is 1. The van der Waals surface area contributed by atoms with Crippen LogP contribution in [0.15, 0.2) is 29.1 Å². The highest BCUT2D eigenvalue weighted by Crippen LogP contribution is 2.40. The quantitative estimate of drug-likeness (QED) is 0.737. The molecule has 3 aromatic rings. The number of fused-ring (bicyclic) bond motifs is 1. The normalized spacial score (nSPS) is 17.7. The lowest BCUT2D eigenvalue weighted by atomic mass is 10.1. The predicted molar refractivity (Wildman–Crippen MR) is 106 cm³/mol. The number of amides is 1. The topological polar surface area (TPSA) is 71.2 Å². The van der Waals surface area contributed by atoms with Crippen molar-refractivity contribution in [1.82, 2.24) is 10.3 Å². The smallest absolute Gasteiger partial charge is 0.251 e. The fraction of sp³-hybridized carbons (Fsp3) is 0.333. The van der Waals surface area contributed by atoms with Gasteiger partial charge >= 0.3 is 0 Å². The number of nitrogens with zero attached hydrogens (tertiary/aromatic N) is 2. The fourth-order valence-corrected chi connectivity index (χ4v) is 5.25. The number of primary amides is 1. The zero-order valence-corrected chi connectivity index (χ0v) is 15.6. The van der Waals surface area contributed by atoms with Crippen LogP contribution in [0.4, 0.5) is 5.82 Å². The van der Waals surface area contributed by atoms with E-state index in [2.05, 4.69) is 45.1 Å². The average molecular weight is 373 g/mol. The SMILES string of the molecule is CN(c1ncc(C(N)=O)c2sc(-c3ccsc3)cc12)[C@H]1CCCNC1. The van der Waals surface area contributed by atoms with Gasteiger partial charge in [0.15, 0.2) is 0 Å². The first-order valence-corrected chi connectivity index (χ1v) is 10.1. The van der Waals surface area contributed by atoms with Crippen LogP contribution in [0.3, 0.4) is 0 Å². The molecule has 0 bridgehead atoms. The molecule has 1 aliphatic heterocycles.